The molecule has 10 nitrogen and oxygen atoms in total. The van der Waals surface area contributed by atoms with Crippen LogP contribution in [0.1, 0.15) is 18.4 Å². The number of hydrogen-bond donors (Lipinski definition) is 4. The van der Waals surface area contributed by atoms with Crippen LogP contribution in [-0.2, 0) is 11.3 Å². The third-order valence-electron chi connectivity index (χ3n) is 6.86. The molecule has 0 unspecified atom stereocenters. The smallest absolute Gasteiger partial charge is 0.475 e. The molecule has 0 bridgehead atoms. The highest BCUT2D eigenvalue weighted by atomic mass is 35.5. The standard InChI is InChI=1S/C29H29ClN6O2.C2HF3O2/c30-27-26(35-15-13-23(31)14-16-35)18-32-36(28(27)37)19-20-5-4-8-25(17-20)34-29(38)33-24-11-9-22(10-12-24)21-6-2-1-3-7-21;3-2(4,5)1(6)7/h1-12,17-18,23H,13-16,19,31H2,(H2,33,34,38);(H,6,7). The summed E-state index contributed by atoms with van der Waals surface area (Å²) in [6.45, 7) is 1.72. The van der Waals surface area contributed by atoms with Crippen molar-refractivity contribution in [2.75, 3.05) is 28.6 Å². The van der Waals surface area contributed by atoms with E-state index in [9.17, 15) is 22.8 Å². The molecule has 45 heavy (non-hydrogen) atoms. The molecule has 0 saturated carbocycles. The summed E-state index contributed by atoms with van der Waals surface area (Å²) >= 11 is 6.44. The fraction of sp³-hybridized carbons (Fsp3) is 0.226. The van der Waals surface area contributed by atoms with Crippen LogP contribution in [0.25, 0.3) is 11.1 Å². The Balaban J connectivity index is 0.000000591. The summed E-state index contributed by atoms with van der Waals surface area (Å²) < 4.78 is 33.1. The topological polar surface area (TPSA) is 143 Å². The van der Waals surface area contributed by atoms with Crippen molar-refractivity contribution in [2.45, 2.75) is 31.6 Å². The number of carbonyl (C=O) groups excluding carboxylic acids is 1. The first-order valence-electron chi connectivity index (χ1n) is 13.8. The number of benzene rings is 3. The zero-order valence-electron chi connectivity index (χ0n) is 23.8. The number of rotatable bonds is 6. The van der Waals surface area contributed by atoms with Gasteiger partial charge in [0, 0.05) is 30.5 Å². The maximum absolute atomic E-state index is 12.9. The minimum absolute atomic E-state index is 0.155. The molecule has 5 N–H and O–H groups in total. The van der Waals surface area contributed by atoms with Crippen molar-refractivity contribution in [3.05, 3.63) is 106 Å². The summed E-state index contributed by atoms with van der Waals surface area (Å²) in [6, 6.07) is 24.8. The highest BCUT2D eigenvalue weighted by molar-refractivity contribution is 6.33. The highest BCUT2D eigenvalue weighted by Gasteiger charge is 2.38. The van der Waals surface area contributed by atoms with Crippen LogP contribution in [0.4, 0.5) is 35.0 Å². The average Bonchev–Trinajstić information content (AvgIpc) is 3.01. The van der Waals surface area contributed by atoms with Gasteiger partial charge in [0.15, 0.2) is 0 Å². The highest BCUT2D eigenvalue weighted by Crippen LogP contribution is 2.25. The SMILES string of the molecule is NC1CCN(c2cnn(Cc3cccc(NC(=O)Nc4ccc(-c5ccccc5)cc4)c3)c(=O)c2Cl)CC1.O=C(O)C(F)(F)F. The minimum atomic E-state index is -5.08. The molecule has 4 aromatic rings. The summed E-state index contributed by atoms with van der Waals surface area (Å²) in [5.74, 6) is -2.76. The quantitative estimate of drug-likeness (QED) is 0.208. The Morgan fingerprint density at radius 1 is 0.933 bits per heavy atom. The van der Waals surface area contributed by atoms with Gasteiger partial charge < -0.3 is 26.4 Å². The van der Waals surface area contributed by atoms with E-state index in [1.807, 2.05) is 66.7 Å². The summed E-state index contributed by atoms with van der Waals surface area (Å²) in [4.78, 5) is 36.5. The molecule has 1 aromatic heterocycles. The van der Waals surface area contributed by atoms with Crippen molar-refractivity contribution < 1.29 is 27.9 Å². The van der Waals surface area contributed by atoms with Gasteiger partial charge in [0.25, 0.3) is 5.56 Å². The summed E-state index contributed by atoms with van der Waals surface area (Å²) in [6.07, 6.45) is -1.74. The molecule has 0 spiro atoms. The number of carboxylic acids is 1. The average molecular weight is 643 g/mol. The van der Waals surface area contributed by atoms with Crippen LogP contribution in [0.3, 0.4) is 0 Å². The van der Waals surface area contributed by atoms with Crippen LogP contribution >= 0.6 is 11.6 Å². The number of urea groups is 1. The molecule has 14 heteroatoms. The fourth-order valence-corrected chi connectivity index (χ4v) is 4.79. The van der Waals surface area contributed by atoms with Gasteiger partial charge in [-0.05, 0) is 53.8 Å². The number of piperidine rings is 1. The lowest BCUT2D eigenvalue weighted by molar-refractivity contribution is -0.192. The predicted molar refractivity (Wildman–Crippen MR) is 167 cm³/mol. The lowest BCUT2D eigenvalue weighted by Crippen LogP contribution is -2.40. The molecular formula is C31H30ClF3N6O4. The number of carboxylic acid groups (broad SMARTS) is 1. The molecule has 1 saturated heterocycles. The van der Waals surface area contributed by atoms with E-state index in [2.05, 4.69) is 20.6 Å². The molecule has 1 aliphatic heterocycles. The number of nitrogens with one attached hydrogen (secondary N) is 2. The summed E-state index contributed by atoms with van der Waals surface area (Å²) in [5, 5.41) is 17.3. The van der Waals surface area contributed by atoms with Crippen LogP contribution in [0, 0.1) is 0 Å². The largest absolute Gasteiger partial charge is 0.490 e. The third kappa shape index (κ3) is 9.30. The number of halogens is 4. The third-order valence-corrected chi connectivity index (χ3v) is 7.21. The normalized spacial score (nSPS) is 13.4. The van der Waals surface area contributed by atoms with Crippen molar-refractivity contribution in [3.63, 3.8) is 0 Å². The van der Waals surface area contributed by atoms with Gasteiger partial charge in [-0.15, -0.1) is 0 Å². The lowest BCUT2D eigenvalue weighted by Gasteiger charge is -2.32. The Bertz CT molecular complexity index is 1680. The van der Waals surface area contributed by atoms with Crippen molar-refractivity contribution >= 4 is 40.7 Å². The zero-order chi connectivity index (χ0) is 32.6. The van der Waals surface area contributed by atoms with Crippen LogP contribution in [0.2, 0.25) is 5.02 Å². The van der Waals surface area contributed by atoms with Crippen LogP contribution in [-0.4, -0.2) is 52.2 Å². The summed E-state index contributed by atoms with van der Waals surface area (Å²) in [5.41, 5.74) is 10.5. The molecule has 0 radical (unpaired) electrons. The van der Waals surface area contributed by atoms with Crippen LogP contribution < -0.4 is 26.8 Å². The Hall–Kier alpha value is -4.88. The number of aliphatic carboxylic acids is 1. The molecule has 5 rings (SSSR count). The van der Waals surface area contributed by atoms with Gasteiger partial charge in [-0.2, -0.15) is 18.3 Å². The maximum atomic E-state index is 12.9. The second-order valence-electron chi connectivity index (χ2n) is 10.2. The van der Waals surface area contributed by atoms with Crippen LogP contribution in [0.5, 0.6) is 0 Å². The van der Waals surface area contributed by atoms with E-state index in [0.717, 1.165) is 42.6 Å². The first kappa shape index (κ1) is 33.0. The van der Waals surface area contributed by atoms with Gasteiger partial charge in [0.05, 0.1) is 18.4 Å². The number of alkyl halides is 3. The number of amides is 2. The predicted octanol–water partition coefficient (Wildman–Crippen LogP) is 5.82. The van der Waals surface area contributed by atoms with Gasteiger partial charge in [-0.25, -0.2) is 14.3 Å². The molecule has 1 aliphatic rings. The van der Waals surface area contributed by atoms with Gasteiger partial charge in [0.1, 0.15) is 5.02 Å². The van der Waals surface area contributed by atoms with Gasteiger partial charge in [-0.1, -0.05) is 66.2 Å². The monoisotopic (exact) mass is 642 g/mol. The Kier molecular flexibility index (Phi) is 10.8. The van der Waals surface area contributed by atoms with Gasteiger partial charge >= 0.3 is 18.2 Å². The number of aromatic nitrogens is 2. The van der Waals surface area contributed by atoms with E-state index in [-0.39, 0.29) is 29.2 Å². The molecule has 1 fully saturated rings. The minimum Gasteiger partial charge on any atom is -0.475 e. The number of hydrogen-bond acceptors (Lipinski definition) is 6. The molecule has 2 heterocycles. The molecule has 0 aliphatic carbocycles. The van der Waals surface area contributed by atoms with Crippen molar-refractivity contribution in [2.24, 2.45) is 5.73 Å². The van der Waals surface area contributed by atoms with Crippen LogP contribution in [0.15, 0.2) is 89.9 Å². The molecule has 3 aromatic carbocycles. The molecule has 0 atom stereocenters. The Labute approximate surface area is 261 Å². The van der Waals surface area contributed by atoms with Crippen molar-refractivity contribution in [3.8, 4) is 11.1 Å². The van der Waals surface area contributed by atoms with E-state index >= 15 is 0 Å². The molecule has 236 valence electrons. The maximum Gasteiger partial charge on any atom is 0.490 e. The van der Waals surface area contributed by atoms with E-state index in [1.54, 1.807) is 18.3 Å². The molecule has 2 amide bonds. The molecular weight excluding hydrogens is 613 g/mol. The number of nitrogens with zero attached hydrogens (tertiary/aromatic N) is 3. The fourth-order valence-electron chi connectivity index (χ4n) is 4.52. The van der Waals surface area contributed by atoms with E-state index in [4.69, 9.17) is 27.2 Å². The Morgan fingerprint density at radius 3 is 2.16 bits per heavy atom. The van der Waals surface area contributed by atoms with E-state index < -0.39 is 12.1 Å². The first-order chi connectivity index (χ1) is 21.4. The number of anilines is 3. The van der Waals surface area contributed by atoms with E-state index in [0.29, 0.717) is 17.1 Å². The van der Waals surface area contributed by atoms with E-state index in [1.165, 1.54) is 4.68 Å². The summed E-state index contributed by atoms with van der Waals surface area (Å²) in [7, 11) is 0. The second-order valence-corrected chi connectivity index (χ2v) is 10.5. The van der Waals surface area contributed by atoms with Crippen molar-refractivity contribution in [1.82, 2.24) is 9.78 Å². The zero-order valence-corrected chi connectivity index (χ0v) is 24.6. The second kappa shape index (κ2) is 14.7. The number of nitrogens with two attached hydrogens (primary N) is 1. The lowest BCUT2D eigenvalue weighted by atomic mass is 10.1. The van der Waals surface area contributed by atoms with Gasteiger partial charge in [0.2, 0.25) is 0 Å². The Morgan fingerprint density at radius 2 is 1.53 bits per heavy atom. The first-order valence-corrected chi connectivity index (χ1v) is 14.2. The van der Waals surface area contributed by atoms with Gasteiger partial charge in [-0.3, -0.25) is 4.79 Å². The van der Waals surface area contributed by atoms with Crippen molar-refractivity contribution in [1.29, 1.82) is 0 Å². The number of carbonyl (C=O) groups is 2.